The van der Waals surface area contributed by atoms with E-state index in [2.05, 4.69) is 16.6 Å². The largest absolute Gasteiger partial charge is 0.342 e. The molecule has 4 heteroatoms. The molecule has 0 aromatic carbocycles. The van der Waals surface area contributed by atoms with Gasteiger partial charge in [-0.05, 0) is 13.0 Å². The third-order valence-electron chi connectivity index (χ3n) is 1.32. The SMILES string of the molecule is C#CCCCNCC(=O)NCC#N. The zero-order valence-electron chi connectivity index (χ0n) is 7.47. The Labute approximate surface area is 78.3 Å². The van der Waals surface area contributed by atoms with Gasteiger partial charge in [-0.3, -0.25) is 4.79 Å². The van der Waals surface area contributed by atoms with Gasteiger partial charge < -0.3 is 10.6 Å². The number of nitrogens with one attached hydrogen (secondary N) is 2. The van der Waals surface area contributed by atoms with E-state index in [-0.39, 0.29) is 19.0 Å². The molecule has 0 aliphatic rings. The van der Waals surface area contributed by atoms with Crippen molar-refractivity contribution in [2.45, 2.75) is 12.8 Å². The highest BCUT2D eigenvalue weighted by molar-refractivity contribution is 5.78. The molecule has 0 rings (SSSR count). The van der Waals surface area contributed by atoms with Crippen LogP contribution in [0.4, 0.5) is 0 Å². The third kappa shape index (κ3) is 8.39. The summed E-state index contributed by atoms with van der Waals surface area (Å²) in [6.07, 6.45) is 6.62. The number of unbranched alkanes of at least 4 members (excludes halogenated alkanes) is 1. The lowest BCUT2D eigenvalue weighted by atomic mass is 10.3. The van der Waals surface area contributed by atoms with Crippen molar-refractivity contribution in [3.8, 4) is 18.4 Å². The highest BCUT2D eigenvalue weighted by atomic mass is 16.1. The number of nitriles is 1. The van der Waals surface area contributed by atoms with Crippen LogP contribution in [-0.2, 0) is 4.79 Å². The summed E-state index contributed by atoms with van der Waals surface area (Å²) in [6.45, 7) is 1.03. The van der Waals surface area contributed by atoms with E-state index in [1.807, 2.05) is 6.07 Å². The molecular formula is C9H13N3O. The zero-order chi connectivity index (χ0) is 9.94. The van der Waals surface area contributed by atoms with Crippen LogP contribution in [0.3, 0.4) is 0 Å². The van der Waals surface area contributed by atoms with Gasteiger partial charge in [0.25, 0.3) is 0 Å². The van der Waals surface area contributed by atoms with Crippen LogP contribution in [0.1, 0.15) is 12.8 Å². The molecule has 0 heterocycles. The van der Waals surface area contributed by atoms with Gasteiger partial charge in [-0.25, -0.2) is 0 Å². The molecule has 0 spiro atoms. The fourth-order valence-electron chi connectivity index (χ4n) is 0.718. The van der Waals surface area contributed by atoms with Crippen LogP contribution in [0.25, 0.3) is 0 Å². The van der Waals surface area contributed by atoms with E-state index < -0.39 is 0 Å². The number of nitrogens with zero attached hydrogens (tertiary/aromatic N) is 1. The number of carbonyl (C=O) groups is 1. The standard InChI is InChI=1S/C9H13N3O/c1-2-3-4-6-11-8-9(13)12-7-5-10/h1,11H,3-4,6-8H2,(H,12,13). The van der Waals surface area contributed by atoms with E-state index in [9.17, 15) is 4.79 Å². The summed E-state index contributed by atoms with van der Waals surface area (Å²) < 4.78 is 0. The Kier molecular flexibility index (Phi) is 7.57. The first kappa shape index (κ1) is 11.5. The van der Waals surface area contributed by atoms with E-state index in [0.29, 0.717) is 6.42 Å². The summed E-state index contributed by atoms with van der Waals surface area (Å²) in [7, 11) is 0. The second-order valence-electron chi connectivity index (χ2n) is 2.42. The smallest absolute Gasteiger partial charge is 0.234 e. The van der Waals surface area contributed by atoms with Crippen molar-refractivity contribution in [1.29, 1.82) is 5.26 Å². The summed E-state index contributed by atoms with van der Waals surface area (Å²) in [4.78, 5) is 10.9. The van der Waals surface area contributed by atoms with Crippen molar-refractivity contribution in [3.05, 3.63) is 0 Å². The maximum absolute atomic E-state index is 10.9. The second kappa shape index (κ2) is 8.58. The van der Waals surface area contributed by atoms with Crippen molar-refractivity contribution in [2.75, 3.05) is 19.6 Å². The second-order valence-corrected chi connectivity index (χ2v) is 2.42. The van der Waals surface area contributed by atoms with Gasteiger partial charge in [0.15, 0.2) is 0 Å². The summed E-state index contributed by atoms with van der Waals surface area (Å²) in [5.74, 6) is 2.34. The van der Waals surface area contributed by atoms with Crippen LogP contribution in [0.15, 0.2) is 0 Å². The van der Waals surface area contributed by atoms with Gasteiger partial charge >= 0.3 is 0 Å². The molecule has 0 bridgehead atoms. The number of hydrogen-bond donors (Lipinski definition) is 2. The number of hydrogen-bond acceptors (Lipinski definition) is 3. The van der Waals surface area contributed by atoms with E-state index in [1.165, 1.54) is 0 Å². The minimum atomic E-state index is -0.165. The average molecular weight is 179 g/mol. The molecule has 0 unspecified atom stereocenters. The minimum Gasteiger partial charge on any atom is -0.342 e. The summed E-state index contributed by atoms with van der Waals surface area (Å²) in [5.41, 5.74) is 0. The molecule has 70 valence electrons. The van der Waals surface area contributed by atoms with E-state index >= 15 is 0 Å². The Morgan fingerprint density at radius 1 is 1.54 bits per heavy atom. The molecule has 0 fully saturated rings. The molecule has 0 aromatic rings. The Morgan fingerprint density at radius 3 is 2.92 bits per heavy atom. The van der Waals surface area contributed by atoms with Crippen LogP contribution < -0.4 is 10.6 Å². The maximum Gasteiger partial charge on any atom is 0.234 e. The van der Waals surface area contributed by atoms with Crippen molar-refractivity contribution in [1.82, 2.24) is 10.6 Å². The Balaban J connectivity index is 3.19. The number of carbonyl (C=O) groups excluding carboxylic acids is 1. The van der Waals surface area contributed by atoms with Gasteiger partial charge in [0.2, 0.25) is 5.91 Å². The van der Waals surface area contributed by atoms with Gasteiger partial charge in [-0.1, -0.05) is 0 Å². The molecule has 1 amide bonds. The fraction of sp³-hybridized carbons (Fsp3) is 0.556. The molecular weight excluding hydrogens is 166 g/mol. The van der Waals surface area contributed by atoms with Crippen molar-refractivity contribution in [2.24, 2.45) is 0 Å². The lowest BCUT2D eigenvalue weighted by Gasteiger charge is -2.02. The first-order chi connectivity index (χ1) is 6.31. The average Bonchev–Trinajstić information content (AvgIpc) is 2.14. The quantitative estimate of drug-likeness (QED) is 0.332. The number of amides is 1. The first-order valence-electron chi connectivity index (χ1n) is 4.09. The Bertz CT molecular complexity index is 224. The lowest BCUT2D eigenvalue weighted by Crippen LogP contribution is -2.34. The predicted octanol–water partition coefficient (Wildman–Crippen LogP) is -0.371. The van der Waals surface area contributed by atoms with Crippen LogP contribution in [0.2, 0.25) is 0 Å². The molecule has 0 atom stereocenters. The van der Waals surface area contributed by atoms with E-state index in [4.69, 9.17) is 11.7 Å². The van der Waals surface area contributed by atoms with Gasteiger partial charge in [0.1, 0.15) is 6.54 Å². The lowest BCUT2D eigenvalue weighted by molar-refractivity contribution is -0.120. The summed E-state index contributed by atoms with van der Waals surface area (Å²) >= 11 is 0. The number of rotatable bonds is 6. The predicted molar refractivity (Wildman–Crippen MR) is 49.6 cm³/mol. The topological polar surface area (TPSA) is 64.9 Å². The van der Waals surface area contributed by atoms with Gasteiger partial charge in [-0.15, -0.1) is 12.3 Å². The molecule has 0 radical (unpaired) electrons. The molecule has 0 saturated heterocycles. The molecule has 0 aromatic heterocycles. The molecule has 0 aliphatic carbocycles. The van der Waals surface area contributed by atoms with Crippen LogP contribution in [-0.4, -0.2) is 25.5 Å². The number of terminal acetylenes is 1. The highest BCUT2D eigenvalue weighted by Crippen LogP contribution is 1.81. The maximum atomic E-state index is 10.9. The van der Waals surface area contributed by atoms with Gasteiger partial charge in [0, 0.05) is 6.42 Å². The van der Waals surface area contributed by atoms with Crippen LogP contribution in [0, 0.1) is 23.7 Å². The van der Waals surface area contributed by atoms with Crippen LogP contribution >= 0.6 is 0 Å². The minimum absolute atomic E-state index is 0.0604. The molecule has 2 N–H and O–H groups in total. The third-order valence-corrected chi connectivity index (χ3v) is 1.32. The van der Waals surface area contributed by atoms with E-state index in [0.717, 1.165) is 13.0 Å². The van der Waals surface area contributed by atoms with Crippen LogP contribution in [0.5, 0.6) is 0 Å². The molecule has 0 aliphatic heterocycles. The summed E-state index contributed by atoms with van der Waals surface area (Å²) in [6, 6.07) is 1.82. The highest BCUT2D eigenvalue weighted by Gasteiger charge is 1.97. The van der Waals surface area contributed by atoms with E-state index in [1.54, 1.807) is 0 Å². The first-order valence-corrected chi connectivity index (χ1v) is 4.09. The Morgan fingerprint density at radius 2 is 2.31 bits per heavy atom. The summed E-state index contributed by atoms with van der Waals surface area (Å²) in [5, 5.41) is 13.5. The molecule has 0 saturated carbocycles. The van der Waals surface area contributed by atoms with Crippen molar-refractivity contribution >= 4 is 5.91 Å². The van der Waals surface area contributed by atoms with Crippen molar-refractivity contribution in [3.63, 3.8) is 0 Å². The zero-order valence-corrected chi connectivity index (χ0v) is 7.47. The van der Waals surface area contributed by atoms with Gasteiger partial charge in [-0.2, -0.15) is 5.26 Å². The fourth-order valence-corrected chi connectivity index (χ4v) is 0.718. The molecule has 13 heavy (non-hydrogen) atoms. The van der Waals surface area contributed by atoms with Crippen molar-refractivity contribution < 1.29 is 4.79 Å². The monoisotopic (exact) mass is 179 g/mol. The normalized spacial score (nSPS) is 8.46. The van der Waals surface area contributed by atoms with Gasteiger partial charge in [0.05, 0.1) is 12.6 Å². The molecule has 4 nitrogen and oxygen atoms in total. The Hall–Kier alpha value is -1.52.